The minimum Gasteiger partial charge on any atom is -0.370 e. The molecule has 0 unspecified atom stereocenters. The van der Waals surface area contributed by atoms with Crippen LogP contribution in [0.3, 0.4) is 0 Å². The smallest absolute Gasteiger partial charge is 0.327 e. The molecule has 24 heavy (non-hydrogen) atoms. The highest BCUT2D eigenvalue weighted by molar-refractivity contribution is 5.94. The van der Waals surface area contributed by atoms with Gasteiger partial charge in [-0.2, -0.15) is 0 Å². The Morgan fingerprint density at radius 3 is 2.58 bits per heavy atom. The molecule has 7 nitrogen and oxygen atoms in total. The Bertz CT molecular complexity index is 951. The Kier molecular flexibility index (Phi) is 2.33. The van der Waals surface area contributed by atoms with Crippen LogP contribution in [0.4, 0.5) is 0 Å². The predicted molar refractivity (Wildman–Crippen MR) is 85.1 cm³/mol. The molecule has 7 heteroatoms. The van der Waals surface area contributed by atoms with E-state index in [1.54, 1.807) is 29.2 Å². The Balaban J connectivity index is 1.95. The van der Waals surface area contributed by atoms with Crippen molar-refractivity contribution in [3.63, 3.8) is 0 Å². The number of aliphatic hydroxyl groups is 2. The van der Waals surface area contributed by atoms with E-state index in [0.29, 0.717) is 29.6 Å². The quantitative estimate of drug-likeness (QED) is 0.533. The maximum absolute atomic E-state index is 11.8. The van der Waals surface area contributed by atoms with Gasteiger partial charge in [-0.05, 0) is 17.2 Å². The van der Waals surface area contributed by atoms with Crippen molar-refractivity contribution in [2.75, 3.05) is 13.1 Å². The third-order valence-electron chi connectivity index (χ3n) is 5.44. The third-order valence-corrected chi connectivity index (χ3v) is 5.44. The van der Waals surface area contributed by atoms with Crippen LogP contribution >= 0.6 is 0 Å². The first-order valence-corrected chi connectivity index (χ1v) is 7.89. The first kappa shape index (κ1) is 13.8. The van der Waals surface area contributed by atoms with E-state index in [-0.39, 0.29) is 11.5 Å². The molecule has 0 aromatic heterocycles. The van der Waals surface area contributed by atoms with Crippen molar-refractivity contribution in [1.82, 2.24) is 10.2 Å². The molecule has 5 rings (SSSR count). The summed E-state index contributed by atoms with van der Waals surface area (Å²) in [5.41, 5.74) is -3.47. The molecule has 0 bridgehead atoms. The van der Waals surface area contributed by atoms with E-state index in [4.69, 9.17) is 0 Å². The van der Waals surface area contributed by atoms with Crippen molar-refractivity contribution in [3.05, 3.63) is 69.2 Å². The summed E-state index contributed by atoms with van der Waals surface area (Å²) in [7, 11) is 0. The number of hydrogen-bond acceptors (Lipinski definition) is 6. The van der Waals surface area contributed by atoms with E-state index < -0.39 is 16.2 Å². The van der Waals surface area contributed by atoms with Gasteiger partial charge in [-0.25, -0.2) is 0 Å². The molecule has 3 N–H and O–H groups in total. The Morgan fingerprint density at radius 1 is 1.17 bits per heavy atom. The van der Waals surface area contributed by atoms with E-state index in [0.717, 1.165) is 11.8 Å². The maximum Gasteiger partial charge on any atom is 0.327 e. The van der Waals surface area contributed by atoms with Gasteiger partial charge in [-0.15, -0.1) is 0 Å². The van der Waals surface area contributed by atoms with Crippen molar-refractivity contribution in [3.8, 4) is 0 Å². The lowest BCUT2D eigenvalue weighted by atomic mass is 9.86. The van der Waals surface area contributed by atoms with Gasteiger partial charge in [0.05, 0.1) is 4.92 Å². The Morgan fingerprint density at radius 2 is 1.88 bits per heavy atom. The maximum atomic E-state index is 11.8. The summed E-state index contributed by atoms with van der Waals surface area (Å²) in [4.78, 5) is 12.8. The molecule has 122 valence electrons. The summed E-state index contributed by atoms with van der Waals surface area (Å²) in [6, 6.07) is 10.7. The van der Waals surface area contributed by atoms with Gasteiger partial charge in [-0.3, -0.25) is 10.1 Å². The molecule has 2 aromatic rings. The SMILES string of the molecule is O=[N+]([O-])C1=C2NCCCN2[C@]2(O)c3cccc4cccc(c34)[C@]12O. The molecule has 1 aliphatic carbocycles. The van der Waals surface area contributed by atoms with Crippen molar-refractivity contribution in [1.29, 1.82) is 0 Å². The summed E-state index contributed by atoms with van der Waals surface area (Å²) in [5.74, 6) is 0.211. The molecule has 2 aromatic carbocycles. The van der Waals surface area contributed by atoms with Crippen LogP contribution in [0.5, 0.6) is 0 Å². The molecule has 0 spiro atoms. The molecule has 2 atom stereocenters. The minimum atomic E-state index is -2.10. The monoisotopic (exact) mass is 325 g/mol. The Labute approximate surface area is 137 Å². The molecule has 0 radical (unpaired) electrons. The summed E-state index contributed by atoms with van der Waals surface area (Å²) in [6.45, 7) is 1.00. The number of fused-ring (bicyclic) bond motifs is 5. The molecule has 2 aliphatic heterocycles. The van der Waals surface area contributed by atoms with Gasteiger partial charge in [0.2, 0.25) is 11.3 Å². The number of hydrogen-bond donors (Lipinski definition) is 3. The molecule has 3 aliphatic rings. The zero-order chi connectivity index (χ0) is 16.7. The third kappa shape index (κ3) is 1.21. The number of rotatable bonds is 1. The molecule has 1 saturated heterocycles. The zero-order valence-electron chi connectivity index (χ0n) is 12.7. The number of nitro groups is 1. The highest BCUT2D eigenvalue weighted by Crippen LogP contribution is 2.62. The average molecular weight is 325 g/mol. The van der Waals surface area contributed by atoms with Crippen LogP contribution in [0.1, 0.15) is 17.5 Å². The van der Waals surface area contributed by atoms with Crippen LogP contribution in [0.2, 0.25) is 0 Å². The highest BCUT2D eigenvalue weighted by atomic mass is 16.6. The van der Waals surface area contributed by atoms with Crippen LogP contribution in [-0.4, -0.2) is 33.1 Å². The van der Waals surface area contributed by atoms with E-state index in [1.165, 1.54) is 0 Å². The molecular formula is C17H15N3O4. The second-order valence-corrected chi connectivity index (χ2v) is 6.48. The van der Waals surface area contributed by atoms with Gasteiger partial charge in [0.15, 0.2) is 5.82 Å². The van der Waals surface area contributed by atoms with Gasteiger partial charge in [0.1, 0.15) is 0 Å². The van der Waals surface area contributed by atoms with Gasteiger partial charge < -0.3 is 20.4 Å². The first-order chi connectivity index (χ1) is 11.5. The summed E-state index contributed by atoms with van der Waals surface area (Å²) in [6.07, 6.45) is 0.721. The van der Waals surface area contributed by atoms with Gasteiger partial charge in [0.25, 0.3) is 0 Å². The predicted octanol–water partition coefficient (Wildman–Crippen LogP) is 0.941. The second kappa shape index (κ2) is 4.06. The molecular weight excluding hydrogens is 310 g/mol. The minimum absolute atomic E-state index is 0.211. The fourth-order valence-electron chi connectivity index (χ4n) is 4.53. The van der Waals surface area contributed by atoms with Crippen molar-refractivity contribution in [2.45, 2.75) is 17.7 Å². The normalized spacial score (nSPS) is 30.3. The second-order valence-electron chi connectivity index (χ2n) is 6.48. The molecule has 2 heterocycles. The van der Waals surface area contributed by atoms with Crippen LogP contribution < -0.4 is 5.32 Å². The topological polar surface area (TPSA) is 98.9 Å². The number of nitrogens with zero attached hydrogens (tertiary/aromatic N) is 2. The summed E-state index contributed by atoms with van der Waals surface area (Å²) < 4.78 is 0. The molecule has 1 fully saturated rings. The summed E-state index contributed by atoms with van der Waals surface area (Å²) >= 11 is 0. The van der Waals surface area contributed by atoms with Gasteiger partial charge in [0, 0.05) is 24.2 Å². The van der Waals surface area contributed by atoms with Crippen molar-refractivity contribution < 1.29 is 15.1 Å². The van der Waals surface area contributed by atoms with E-state index >= 15 is 0 Å². The fourth-order valence-corrected chi connectivity index (χ4v) is 4.53. The lowest BCUT2D eigenvalue weighted by Crippen LogP contribution is -2.55. The molecule has 0 amide bonds. The van der Waals surface area contributed by atoms with Crippen LogP contribution in [-0.2, 0) is 11.3 Å². The van der Waals surface area contributed by atoms with E-state index in [2.05, 4.69) is 5.32 Å². The lowest BCUT2D eigenvalue weighted by Gasteiger charge is -2.41. The standard InChI is InChI=1S/C17H15N3O4/c21-16-11-6-1-4-10-5-2-7-12(13(10)11)17(16,22)19-9-3-8-18-15(19)14(16)20(23)24/h1-2,4-7,18,21-22H,3,8-9H2/t16-,17-/m0/s1. The first-order valence-electron chi connectivity index (χ1n) is 7.89. The van der Waals surface area contributed by atoms with Crippen LogP contribution in [0.25, 0.3) is 10.8 Å². The van der Waals surface area contributed by atoms with Gasteiger partial charge in [-0.1, -0.05) is 36.4 Å². The van der Waals surface area contributed by atoms with E-state index in [1.807, 2.05) is 12.1 Å². The number of nitrogens with one attached hydrogen (secondary N) is 1. The Hall–Kier alpha value is -2.64. The van der Waals surface area contributed by atoms with E-state index in [9.17, 15) is 20.3 Å². The zero-order valence-corrected chi connectivity index (χ0v) is 12.7. The molecule has 0 saturated carbocycles. The van der Waals surface area contributed by atoms with Crippen LogP contribution in [0.15, 0.2) is 47.9 Å². The van der Waals surface area contributed by atoms with Crippen LogP contribution in [0, 0.1) is 10.1 Å². The van der Waals surface area contributed by atoms with Gasteiger partial charge >= 0.3 is 5.70 Å². The van der Waals surface area contributed by atoms with Crippen molar-refractivity contribution >= 4 is 10.8 Å². The summed E-state index contributed by atoms with van der Waals surface area (Å²) in [5, 5.41) is 39.5. The fraction of sp³-hybridized carbons (Fsp3) is 0.294. The number of benzene rings is 2. The average Bonchev–Trinajstić information content (AvgIpc) is 2.91. The van der Waals surface area contributed by atoms with Crippen molar-refractivity contribution in [2.24, 2.45) is 0 Å². The lowest BCUT2D eigenvalue weighted by molar-refractivity contribution is -0.452. The highest BCUT2D eigenvalue weighted by Gasteiger charge is 2.73. The largest absolute Gasteiger partial charge is 0.370 e.